The summed E-state index contributed by atoms with van der Waals surface area (Å²) in [7, 11) is -8.87. The van der Waals surface area contributed by atoms with Crippen LogP contribution in [0.5, 0.6) is 5.75 Å². The van der Waals surface area contributed by atoms with E-state index in [0.717, 1.165) is 16.7 Å². The summed E-state index contributed by atoms with van der Waals surface area (Å²) in [4.78, 5) is -0.236. The van der Waals surface area contributed by atoms with Gasteiger partial charge in [-0.1, -0.05) is 56.8 Å². The Morgan fingerprint density at radius 2 is 1.11 bits per heavy atom. The van der Waals surface area contributed by atoms with Crippen molar-refractivity contribution in [3.05, 3.63) is 89.5 Å². The van der Waals surface area contributed by atoms with Crippen LogP contribution in [0, 0.1) is 20.8 Å². The first-order valence-electron chi connectivity index (χ1n) is 11.7. The maximum absolute atomic E-state index is 13.7. The van der Waals surface area contributed by atoms with Gasteiger partial charge in [-0.3, -0.25) is 0 Å². The number of aryl methyl sites for hydroxylation is 3. The molecule has 0 aliphatic heterocycles. The highest BCUT2D eigenvalue weighted by atomic mass is 32.3. The van der Waals surface area contributed by atoms with Gasteiger partial charge in [-0.25, -0.2) is 16.8 Å². The summed E-state index contributed by atoms with van der Waals surface area (Å²) < 4.78 is 66.6. The van der Waals surface area contributed by atoms with Crippen LogP contribution in [0.15, 0.2) is 82.6 Å². The second kappa shape index (κ2) is 11.7. The van der Waals surface area contributed by atoms with E-state index in [2.05, 4.69) is 0 Å². The molecule has 37 heavy (non-hydrogen) atoms. The first-order valence-corrected chi connectivity index (χ1v) is 15.0. The van der Waals surface area contributed by atoms with Crippen LogP contribution in [-0.2, 0) is 24.8 Å². The lowest BCUT2D eigenvalue weighted by molar-refractivity contribution is 0.148. The Balaban J connectivity index is 1.88. The number of ether oxygens (including phenoxy) is 2. The molecule has 10 heteroatoms. The van der Waals surface area contributed by atoms with E-state index in [0.29, 0.717) is 9.46 Å². The zero-order valence-electron chi connectivity index (χ0n) is 21.4. The van der Waals surface area contributed by atoms with Crippen LogP contribution in [0.4, 0.5) is 0 Å². The van der Waals surface area contributed by atoms with Gasteiger partial charge >= 0.3 is 5.24 Å². The van der Waals surface area contributed by atoms with Gasteiger partial charge in [0.05, 0.1) is 9.79 Å². The largest absolute Gasteiger partial charge is 0.454 e. The molecule has 0 fully saturated rings. The van der Waals surface area contributed by atoms with Crippen LogP contribution in [0.1, 0.15) is 37.0 Å². The molecule has 0 spiro atoms. The lowest BCUT2D eigenvalue weighted by Crippen LogP contribution is -2.44. The normalized spacial score (nSPS) is 13.7. The quantitative estimate of drug-likeness (QED) is 0.317. The Labute approximate surface area is 225 Å². The molecule has 198 valence electrons. The van der Waals surface area contributed by atoms with Crippen molar-refractivity contribution in [3.8, 4) is 5.75 Å². The fraction of sp³-hybridized carbons (Fsp3) is 0.296. The van der Waals surface area contributed by atoms with Crippen LogP contribution in [-0.4, -0.2) is 37.9 Å². The van der Waals surface area contributed by atoms with Gasteiger partial charge in [0.2, 0.25) is 0 Å². The third-order valence-electron chi connectivity index (χ3n) is 5.66. The van der Waals surface area contributed by atoms with E-state index in [-0.39, 0.29) is 21.4 Å². The zero-order chi connectivity index (χ0) is 27.4. The van der Waals surface area contributed by atoms with Crippen LogP contribution in [0.2, 0.25) is 0 Å². The second-order valence-corrected chi connectivity index (χ2v) is 13.2. The summed E-state index contributed by atoms with van der Waals surface area (Å²) >= 11 is 5.19. The van der Waals surface area contributed by atoms with E-state index < -0.39 is 32.2 Å². The van der Waals surface area contributed by atoms with Gasteiger partial charge in [-0.2, -0.15) is 0 Å². The molecule has 0 N–H and O–H groups in total. The molecular weight excluding hydrogens is 530 g/mol. The number of nitrogens with zero attached hydrogens (tertiary/aromatic N) is 1. The Morgan fingerprint density at radius 1 is 0.730 bits per heavy atom. The number of thiocarbonyl (C=S) groups is 1. The molecule has 0 amide bonds. The van der Waals surface area contributed by atoms with Crippen LogP contribution in [0.3, 0.4) is 0 Å². The topological polar surface area (TPSA) is 90.0 Å². The first-order chi connectivity index (χ1) is 17.3. The van der Waals surface area contributed by atoms with E-state index in [1.807, 2.05) is 32.9 Å². The van der Waals surface area contributed by atoms with Gasteiger partial charge in [0.1, 0.15) is 11.9 Å². The molecule has 7 nitrogen and oxygen atoms in total. The summed E-state index contributed by atoms with van der Waals surface area (Å²) in [6.07, 6.45) is -0.606. The van der Waals surface area contributed by atoms with Crippen molar-refractivity contribution in [2.75, 3.05) is 0 Å². The highest BCUT2D eigenvalue weighted by Gasteiger charge is 2.41. The Bertz CT molecular complexity index is 1360. The molecule has 3 aromatic carbocycles. The van der Waals surface area contributed by atoms with Gasteiger partial charge in [0.25, 0.3) is 20.0 Å². The summed E-state index contributed by atoms with van der Waals surface area (Å²) in [5.41, 5.74) is 2.76. The van der Waals surface area contributed by atoms with Crippen molar-refractivity contribution in [1.29, 1.82) is 0 Å². The number of hydrogen-bond acceptors (Lipinski definition) is 7. The minimum atomic E-state index is -4.43. The third kappa shape index (κ3) is 7.16. The lowest BCUT2D eigenvalue weighted by atomic mass is 10.2. The third-order valence-corrected chi connectivity index (χ3v) is 10.4. The van der Waals surface area contributed by atoms with Crippen LogP contribution >= 0.6 is 12.2 Å². The average molecular weight is 562 g/mol. The summed E-state index contributed by atoms with van der Waals surface area (Å²) in [6.45, 7) is 8.79. The van der Waals surface area contributed by atoms with E-state index in [1.165, 1.54) is 31.2 Å². The van der Waals surface area contributed by atoms with Gasteiger partial charge < -0.3 is 9.47 Å². The van der Waals surface area contributed by atoms with Crippen LogP contribution < -0.4 is 4.74 Å². The predicted molar refractivity (Wildman–Crippen MR) is 148 cm³/mol. The molecule has 3 rings (SSSR count). The number of benzene rings is 3. The smallest absolute Gasteiger partial charge is 0.358 e. The molecular formula is C27H31NO6S3. The maximum Gasteiger partial charge on any atom is 0.358 e. The minimum Gasteiger partial charge on any atom is -0.454 e. The van der Waals surface area contributed by atoms with Gasteiger partial charge in [-0.05, 0) is 71.0 Å². The fourth-order valence-electron chi connectivity index (χ4n) is 3.74. The molecule has 2 atom stereocenters. The molecule has 0 aliphatic rings. The second-order valence-electron chi connectivity index (χ2n) is 9.04. The zero-order valence-corrected chi connectivity index (χ0v) is 23.9. The maximum atomic E-state index is 13.7. The molecule has 0 aliphatic carbocycles. The number of rotatable bonds is 9. The van der Waals surface area contributed by atoms with Crippen molar-refractivity contribution in [2.24, 2.45) is 0 Å². The summed E-state index contributed by atoms with van der Waals surface area (Å²) in [6, 6.07) is 18.4. The summed E-state index contributed by atoms with van der Waals surface area (Å²) in [5, 5.41) is -0.141. The molecule has 2 unspecified atom stereocenters. The van der Waals surface area contributed by atoms with E-state index in [9.17, 15) is 16.8 Å². The molecule has 0 saturated heterocycles. The molecule has 0 saturated carbocycles. The number of sulfonamides is 2. The molecule has 3 aromatic rings. The van der Waals surface area contributed by atoms with Gasteiger partial charge in [0.15, 0.2) is 0 Å². The molecule has 0 radical (unpaired) electrons. The minimum absolute atomic E-state index is 0.0353. The lowest BCUT2D eigenvalue weighted by Gasteiger charge is -2.29. The van der Waals surface area contributed by atoms with E-state index in [4.69, 9.17) is 21.7 Å². The fourth-order valence-corrected chi connectivity index (χ4v) is 8.04. The van der Waals surface area contributed by atoms with Crippen molar-refractivity contribution in [3.63, 3.8) is 0 Å². The highest BCUT2D eigenvalue weighted by Crippen LogP contribution is 2.29. The van der Waals surface area contributed by atoms with Gasteiger partial charge in [0, 0.05) is 24.7 Å². The van der Waals surface area contributed by atoms with Gasteiger partial charge in [-0.15, -0.1) is 0 Å². The number of hydrogen-bond donors (Lipinski definition) is 0. The SMILES string of the molecule is Cc1ccc(OC(=S)OC(C)CC(C)N(S(=O)(=O)c2ccc(C)cc2)S(=O)(=O)c2ccc(C)cc2)cc1. The molecule has 0 bridgehead atoms. The predicted octanol–water partition coefficient (Wildman–Crippen LogP) is 5.54. The van der Waals surface area contributed by atoms with Crippen molar-refractivity contribution >= 4 is 37.5 Å². The highest BCUT2D eigenvalue weighted by molar-refractivity contribution is 8.04. The van der Waals surface area contributed by atoms with Crippen LogP contribution in [0.25, 0.3) is 0 Å². The summed E-state index contributed by atoms with van der Waals surface area (Å²) in [5.74, 6) is 0.501. The van der Waals surface area contributed by atoms with Crippen molar-refractivity contribution in [1.82, 2.24) is 3.71 Å². The first kappa shape index (κ1) is 28.8. The van der Waals surface area contributed by atoms with E-state index in [1.54, 1.807) is 43.3 Å². The average Bonchev–Trinajstić information content (AvgIpc) is 2.80. The monoisotopic (exact) mass is 561 g/mol. The molecule has 0 heterocycles. The Hall–Kier alpha value is -2.79. The standard InChI is InChI=1S/C27H31NO6S3/c1-19-6-12-24(13-7-19)34-27(35)33-23(5)18-22(4)28(36(29,30)25-14-8-20(2)9-15-25)37(31,32)26-16-10-21(3)11-17-26/h6-17,22-23H,18H2,1-5H3. The van der Waals surface area contributed by atoms with E-state index >= 15 is 0 Å². The molecule has 0 aromatic heterocycles. The Morgan fingerprint density at radius 3 is 1.51 bits per heavy atom. The Kier molecular flexibility index (Phi) is 9.12. The van der Waals surface area contributed by atoms with Crippen molar-refractivity contribution in [2.45, 2.75) is 63.0 Å². The van der Waals surface area contributed by atoms with Crippen molar-refractivity contribution < 1.29 is 26.3 Å².